The highest BCUT2D eigenvalue weighted by molar-refractivity contribution is 7.99. The predicted octanol–water partition coefficient (Wildman–Crippen LogP) is 5.07. The summed E-state index contributed by atoms with van der Waals surface area (Å²) < 4.78 is 13.0. The third kappa shape index (κ3) is 4.32. The molecule has 0 nitrogen and oxygen atoms in total. The van der Waals surface area contributed by atoms with E-state index in [1.807, 2.05) is 11.8 Å². The van der Waals surface area contributed by atoms with Crippen LogP contribution in [0.4, 0.5) is 4.39 Å². The summed E-state index contributed by atoms with van der Waals surface area (Å²) in [4.78, 5) is 0. The van der Waals surface area contributed by atoms with Gasteiger partial charge < -0.3 is 0 Å². The maximum atomic E-state index is 13.0. The molecule has 102 valence electrons. The fraction of sp³-hybridized carbons (Fsp3) is 0.571. The van der Waals surface area contributed by atoms with Crippen molar-refractivity contribution < 1.29 is 4.39 Å². The van der Waals surface area contributed by atoms with Gasteiger partial charge in [0.1, 0.15) is 5.82 Å². The zero-order chi connectivity index (χ0) is 13.6. The molecular weight excluding hydrogens is 290 g/mol. The molecule has 0 saturated heterocycles. The van der Waals surface area contributed by atoms with E-state index in [0.717, 1.165) is 17.7 Å². The van der Waals surface area contributed by atoms with Crippen LogP contribution in [0.15, 0.2) is 24.3 Å². The van der Waals surface area contributed by atoms with Gasteiger partial charge in [-0.3, -0.25) is 0 Å². The second-order valence-corrected chi connectivity index (χ2v) is 6.94. The topological polar surface area (TPSA) is 0 Å². The molecule has 0 N–H and O–H groups in total. The van der Waals surface area contributed by atoms with E-state index in [1.54, 1.807) is 12.1 Å². The van der Waals surface area contributed by atoms with E-state index in [1.165, 1.54) is 12.1 Å². The first-order chi connectivity index (χ1) is 8.54. The van der Waals surface area contributed by atoms with Crippen molar-refractivity contribution in [1.29, 1.82) is 0 Å². The van der Waals surface area contributed by atoms with E-state index < -0.39 is 0 Å². The number of alkyl halides is 2. The van der Waals surface area contributed by atoms with Gasteiger partial charge >= 0.3 is 0 Å². The van der Waals surface area contributed by atoms with Gasteiger partial charge in [-0.1, -0.05) is 26.0 Å². The molecule has 0 heterocycles. The summed E-state index contributed by atoms with van der Waals surface area (Å²) in [5.74, 6) is 1.70. The number of thioether (sulfide) groups is 1. The largest absolute Gasteiger partial charge is 0.207 e. The Hall–Kier alpha value is 0.0800. The highest BCUT2D eigenvalue weighted by Crippen LogP contribution is 2.33. The SMILES string of the molecule is CC(C)SCCC(CCl)(CCl)c1ccc(F)cc1. The number of hydrogen-bond donors (Lipinski definition) is 0. The van der Waals surface area contributed by atoms with Crippen LogP contribution in [0.25, 0.3) is 0 Å². The first kappa shape index (κ1) is 16.1. The van der Waals surface area contributed by atoms with Crippen molar-refractivity contribution in [3.05, 3.63) is 35.6 Å². The van der Waals surface area contributed by atoms with Gasteiger partial charge in [0.25, 0.3) is 0 Å². The van der Waals surface area contributed by atoms with E-state index in [9.17, 15) is 4.39 Å². The molecule has 1 rings (SSSR count). The Morgan fingerprint density at radius 2 is 1.72 bits per heavy atom. The van der Waals surface area contributed by atoms with Crippen molar-refractivity contribution in [3.8, 4) is 0 Å². The van der Waals surface area contributed by atoms with E-state index >= 15 is 0 Å². The molecule has 0 aromatic heterocycles. The Morgan fingerprint density at radius 3 is 2.17 bits per heavy atom. The van der Waals surface area contributed by atoms with Crippen LogP contribution in [0.1, 0.15) is 25.8 Å². The summed E-state index contributed by atoms with van der Waals surface area (Å²) in [5.41, 5.74) is 0.775. The molecule has 1 aromatic carbocycles. The standard InChI is InChI=1S/C14H19Cl2FS/c1-11(2)18-8-7-14(9-15,10-16)12-3-5-13(17)6-4-12/h3-6,11H,7-10H2,1-2H3. The quantitative estimate of drug-likeness (QED) is 0.633. The van der Waals surface area contributed by atoms with Crippen LogP contribution in [-0.4, -0.2) is 22.8 Å². The lowest BCUT2D eigenvalue weighted by molar-refractivity contribution is 0.522. The zero-order valence-electron chi connectivity index (χ0n) is 10.8. The third-order valence-electron chi connectivity index (χ3n) is 3.00. The first-order valence-corrected chi connectivity index (χ1v) is 8.15. The maximum Gasteiger partial charge on any atom is 0.123 e. The fourth-order valence-corrected chi connectivity index (χ4v) is 3.60. The minimum atomic E-state index is -0.251. The minimum Gasteiger partial charge on any atom is -0.207 e. The molecule has 0 fully saturated rings. The van der Waals surface area contributed by atoms with Crippen LogP contribution < -0.4 is 0 Å². The van der Waals surface area contributed by atoms with E-state index in [2.05, 4.69) is 13.8 Å². The predicted molar refractivity (Wildman–Crippen MR) is 81.7 cm³/mol. The molecule has 18 heavy (non-hydrogen) atoms. The maximum absolute atomic E-state index is 13.0. The van der Waals surface area contributed by atoms with Gasteiger partial charge in [-0.05, 0) is 35.1 Å². The number of rotatable bonds is 7. The Bertz CT molecular complexity index is 347. The van der Waals surface area contributed by atoms with Crippen LogP contribution in [0.5, 0.6) is 0 Å². The van der Waals surface area contributed by atoms with Crippen molar-refractivity contribution in [2.24, 2.45) is 0 Å². The van der Waals surface area contributed by atoms with Crippen molar-refractivity contribution in [1.82, 2.24) is 0 Å². The zero-order valence-corrected chi connectivity index (χ0v) is 13.1. The summed E-state index contributed by atoms with van der Waals surface area (Å²) in [7, 11) is 0. The smallest absolute Gasteiger partial charge is 0.123 e. The molecule has 0 aliphatic rings. The van der Waals surface area contributed by atoms with E-state index in [4.69, 9.17) is 23.2 Å². The fourth-order valence-electron chi connectivity index (χ4n) is 1.76. The molecule has 0 bridgehead atoms. The van der Waals surface area contributed by atoms with Crippen molar-refractivity contribution >= 4 is 35.0 Å². The Kier molecular flexibility index (Phi) is 6.83. The lowest BCUT2D eigenvalue weighted by Crippen LogP contribution is -2.31. The van der Waals surface area contributed by atoms with Gasteiger partial charge in [0.2, 0.25) is 0 Å². The van der Waals surface area contributed by atoms with Crippen molar-refractivity contribution in [2.45, 2.75) is 30.9 Å². The summed E-state index contributed by atoms with van der Waals surface area (Å²) >= 11 is 14.1. The normalized spacial score (nSPS) is 12.1. The second-order valence-electron chi connectivity index (χ2n) is 4.72. The Balaban J connectivity index is 2.81. The van der Waals surface area contributed by atoms with Gasteiger partial charge in [0, 0.05) is 17.2 Å². The lowest BCUT2D eigenvalue weighted by atomic mass is 9.82. The average Bonchev–Trinajstić information content (AvgIpc) is 2.36. The van der Waals surface area contributed by atoms with Crippen LogP contribution in [0.3, 0.4) is 0 Å². The molecule has 0 amide bonds. The van der Waals surface area contributed by atoms with Gasteiger partial charge in [0.05, 0.1) is 0 Å². The molecule has 0 aliphatic heterocycles. The molecule has 1 aromatic rings. The summed E-state index contributed by atoms with van der Waals surface area (Å²) in [6.45, 7) is 4.34. The van der Waals surface area contributed by atoms with Crippen LogP contribution >= 0.6 is 35.0 Å². The van der Waals surface area contributed by atoms with Crippen molar-refractivity contribution in [2.75, 3.05) is 17.5 Å². The third-order valence-corrected chi connectivity index (χ3v) is 5.13. The number of halogens is 3. The average molecular weight is 309 g/mol. The van der Waals surface area contributed by atoms with Gasteiger partial charge in [-0.15, -0.1) is 23.2 Å². The molecule has 4 heteroatoms. The van der Waals surface area contributed by atoms with E-state index in [-0.39, 0.29) is 11.2 Å². The van der Waals surface area contributed by atoms with Gasteiger partial charge in [0.15, 0.2) is 0 Å². The Labute approximate surface area is 123 Å². The van der Waals surface area contributed by atoms with Crippen molar-refractivity contribution in [3.63, 3.8) is 0 Å². The van der Waals surface area contributed by atoms with Gasteiger partial charge in [-0.25, -0.2) is 4.39 Å². The second kappa shape index (κ2) is 7.62. The lowest BCUT2D eigenvalue weighted by Gasteiger charge is -2.30. The number of benzene rings is 1. The summed E-state index contributed by atoms with van der Waals surface area (Å²) in [6.07, 6.45) is 0.911. The Morgan fingerprint density at radius 1 is 1.17 bits per heavy atom. The van der Waals surface area contributed by atoms with Crippen LogP contribution in [0.2, 0.25) is 0 Å². The minimum absolute atomic E-state index is 0.228. The molecule has 0 radical (unpaired) electrons. The molecule has 0 unspecified atom stereocenters. The molecule has 0 saturated carbocycles. The summed E-state index contributed by atoms with van der Waals surface area (Å²) in [5, 5.41) is 0.599. The molecular formula is C14H19Cl2FS. The molecule has 0 atom stereocenters. The van der Waals surface area contributed by atoms with Crippen LogP contribution in [0, 0.1) is 5.82 Å². The van der Waals surface area contributed by atoms with E-state index in [0.29, 0.717) is 17.0 Å². The first-order valence-electron chi connectivity index (χ1n) is 6.03. The van der Waals surface area contributed by atoms with Crippen LogP contribution in [-0.2, 0) is 5.41 Å². The monoisotopic (exact) mass is 308 g/mol. The van der Waals surface area contributed by atoms with Gasteiger partial charge in [-0.2, -0.15) is 11.8 Å². The molecule has 0 spiro atoms. The molecule has 0 aliphatic carbocycles. The highest BCUT2D eigenvalue weighted by Gasteiger charge is 2.30. The summed E-state index contributed by atoms with van der Waals surface area (Å²) in [6, 6.07) is 6.53. The highest BCUT2D eigenvalue weighted by atomic mass is 35.5. The number of hydrogen-bond acceptors (Lipinski definition) is 1.